The monoisotopic (exact) mass is 636 g/mol. The molecule has 45 heavy (non-hydrogen) atoms. The lowest BCUT2D eigenvalue weighted by Crippen LogP contribution is -2.27. The predicted octanol–water partition coefficient (Wildman–Crippen LogP) is 6.29. The minimum absolute atomic E-state index is 0.0963. The number of unbranched alkanes of at least 4 members (excludes halogenated alkanes) is 19. The fourth-order valence-corrected chi connectivity index (χ4v) is 5.51. The number of nitrogens with zero attached hydrogens (tertiary/aromatic N) is 1. The van der Waals surface area contributed by atoms with Crippen molar-refractivity contribution in [2.45, 2.75) is 169 Å². The van der Waals surface area contributed by atoms with Crippen LogP contribution in [0, 0.1) is 0 Å². The van der Waals surface area contributed by atoms with Gasteiger partial charge in [-0.25, -0.2) is 0 Å². The summed E-state index contributed by atoms with van der Waals surface area (Å²) in [5.41, 5.74) is 2.05. The van der Waals surface area contributed by atoms with E-state index in [9.17, 15) is 4.79 Å². The van der Waals surface area contributed by atoms with Crippen molar-refractivity contribution in [1.29, 1.82) is 0 Å². The standard InChI is InChI=1S/C35H67N3O.2CH2O2/c1-4-7-9-11-13-15-17-18-20-22-24-29-36-30-28-33-26-27-34(37-35(33)39)32-38(6-3)31-25-23-21-19-16-14-12-10-8-5-2;2*2-1-3/h26-27,36H,4-25,28-32H2,1-3H3,(H,37,39);2*1H,(H,2,3)/p-2. The van der Waals surface area contributed by atoms with Crippen molar-refractivity contribution in [3.05, 3.63) is 33.7 Å². The Morgan fingerprint density at radius 1 is 0.644 bits per heavy atom. The second kappa shape index (κ2) is 38.0. The molecule has 0 aromatic carbocycles. The molecule has 0 amide bonds. The van der Waals surface area contributed by atoms with Gasteiger partial charge in [0.2, 0.25) is 0 Å². The number of nitrogens with one attached hydrogen (secondary N) is 2. The Labute approximate surface area is 276 Å². The Kier molecular flexibility index (Phi) is 37.9. The molecule has 0 spiro atoms. The van der Waals surface area contributed by atoms with Crippen LogP contribution in [0.25, 0.3) is 0 Å². The minimum atomic E-state index is -0.500. The number of carboxylic acid groups (broad SMARTS) is 2. The number of aromatic amines is 1. The van der Waals surface area contributed by atoms with Gasteiger partial charge in [0.25, 0.3) is 5.56 Å². The third-order valence-electron chi connectivity index (χ3n) is 8.25. The molecular formula is C37H69N3O5-2. The zero-order valence-electron chi connectivity index (χ0n) is 29.4. The summed E-state index contributed by atoms with van der Waals surface area (Å²) in [6.45, 7) is 10.8. The van der Waals surface area contributed by atoms with Crippen molar-refractivity contribution in [2.24, 2.45) is 0 Å². The lowest BCUT2D eigenvalue weighted by molar-refractivity contribution is -0.284. The van der Waals surface area contributed by atoms with E-state index in [1.165, 1.54) is 135 Å². The molecule has 0 atom stereocenters. The number of H-pyrrole nitrogens is 1. The second-order valence-electron chi connectivity index (χ2n) is 12.1. The number of carbonyl (C=O) groups is 2. The second-order valence-corrected chi connectivity index (χ2v) is 12.1. The molecule has 0 radical (unpaired) electrons. The van der Waals surface area contributed by atoms with E-state index in [0.717, 1.165) is 50.4 Å². The summed E-state index contributed by atoms with van der Waals surface area (Å²) in [6.07, 6.45) is 29.7. The lowest BCUT2D eigenvalue weighted by Gasteiger charge is -2.20. The molecule has 264 valence electrons. The van der Waals surface area contributed by atoms with Crippen molar-refractivity contribution < 1.29 is 19.8 Å². The first-order valence-corrected chi connectivity index (χ1v) is 18.3. The maximum absolute atomic E-state index is 12.6. The number of aromatic nitrogens is 1. The fourth-order valence-electron chi connectivity index (χ4n) is 5.51. The molecule has 0 saturated heterocycles. The Balaban J connectivity index is 0. The van der Waals surface area contributed by atoms with Crippen molar-refractivity contribution in [1.82, 2.24) is 15.2 Å². The highest BCUT2D eigenvalue weighted by molar-refractivity contribution is 5.29. The largest absolute Gasteiger partial charge is 0.554 e. The summed E-state index contributed by atoms with van der Waals surface area (Å²) in [5, 5.41) is 20.0. The summed E-state index contributed by atoms with van der Waals surface area (Å²) < 4.78 is 0. The SMILES string of the molecule is CCCCCCCCCCCCCNCCc1ccc(CN(CC)CCCCCCCCCCCC)[nH]c1=O.O=C[O-].O=C[O-]. The van der Waals surface area contributed by atoms with E-state index in [0.29, 0.717) is 0 Å². The van der Waals surface area contributed by atoms with Gasteiger partial charge in [0.05, 0.1) is 0 Å². The van der Waals surface area contributed by atoms with Gasteiger partial charge in [-0.05, 0) is 51.5 Å². The quantitative estimate of drug-likeness (QED) is 0.0782. The van der Waals surface area contributed by atoms with Crippen molar-refractivity contribution in [2.75, 3.05) is 26.2 Å². The van der Waals surface area contributed by atoms with Crippen LogP contribution in [0.15, 0.2) is 16.9 Å². The highest BCUT2D eigenvalue weighted by Crippen LogP contribution is 2.12. The fraction of sp³-hybridized carbons (Fsp3) is 0.811. The molecule has 1 heterocycles. The van der Waals surface area contributed by atoms with Crippen LogP contribution in [-0.4, -0.2) is 49.0 Å². The molecule has 0 aliphatic heterocycles. The van der Waals surface area contributed by atoms with Crippen LogP contribution in [-0.2, 0) is 22.6 Å². The predicted molar refractivity (Wildman–Crippen MR) is 185 cm³/mol. The molecule has 2 N–H and O–H groups in total. The van der Waals surface area contributed by atoms with Gasteiger partial charge < -0.3 is 30.1 Å². The molecule has 0 unspecified atom stereocenters. The van der Waals surface area contributed by atoms with E-state index < -0.39 is 12.9 Å². The van der Waals surface area contributed by atoms with E-state index in [1.54, 1.807) is 0 Å². The van der Waals surface area contributed by atoms with Crippen molar-refractivity contribution >= 4 is 12.9 Å². The molecule has 1 aromatic rings. The average molecular weight is 636 g/mol. The van der Waals surface area contributed by atoms with Crippen LogP contribution in [0.1, 0.15) is 167 Å². The van der Waals surface area contributed by atoms with Crippen LogP contribution < -0.4 is 21.1 Å². The van der Waals surface area contributed by atoms with Gasteiger partial charge in [0, 0.05) is 30.7 Å². The topological polar surface area (TPSA) is 128 Å². The molecule has 0 aliphatic carbocycles. The maximum Gasteiger partial charge on any atom is 0.251 e. The Morgan fingerprint density at radius 3 is 1.49 bits per heavy atom. The molecule has 8 heteroatoms. The van der Waals surface area contributed by atoms with Crippen LogP contribution in [0.4, 0.5) is 0 Å². The van der Waals surface area contributed by atoms with E-state index in [-0.39, 0.29) is 5.56 Å². The number of hydrogen-bond donors (Lipinski definition) is 2. The molecule has 0 aliphatic rings. The van der Waals surface area contributed by atoms with Crippen molar-refractivity contribution in [3.8, 4) is 0 Å². The molecule has 0 saturated carbocycles. The molecule has 0 fully saturated rings. The Bertz CT molecular complexity index is 797. The first-order valence-electron chi connectivity index (χ1n) is 18.3. The smallest absolute Gasteiger partial charge is 0.251 e. The number of hydrogen-bond acceptors (Lipinski definition) is 7. The molecule has 8 nitrogen and oxygen atoms in total. The normalized spacial score (nSPS) is 10.6. The van der Waals surface area contributed by atoms with Crippen LogP contribution in [0.3, 0.4) is 0 Å². The van der Waals surface area contributed by atoms with Crippen LogP contribution >= 0.6 is 0 Å². The van der Waals surface area contributed by atoms with E-state index in [4.69, 9.17) is 19.8 Å². The molecular weight excluding hydrogens is 566 g/mol. The number of rotatable bonds is 29. The zero-order valence-corrected chi connectivity index (χ0v) is 29.4. The van der Waals surface area contributed by atoms with Gasteiger partial charge >= 0.3 is 0 Å². The summed E-state index contributed by atoms with van der Waals surface area (Å²) in [5.74, 6) is 0. The van der Waals surface area contributed by atoms with E-state index >= 15 is 0 Å². The van der Waals surface area contributed by atoms with Crippen LogP contribution in [0.5, 0.6) is 0 Å². The molecule has 0 bridgehead atoms. The van der Waals surface area contributed by atoms with Gasteiger partial charge in [0.15, 0.2) is 0 Å². The molecule has 1 aromatic heterocycles. The van der Waals surface area contributed by atoms with Gasteiger partial charge in [0.1, 0.15) is 0 Å². The summed E-state index contributed by atoms with van der Waals surface area (Å²) in [4.78, 5) is 34.7. The highest BCUT2D eigenvalue weighted by atomic mass is 16.3. The van der Waals surface area contributed by atoms with Gasteiger partial charge in [-0.15, -0.1) is 0 Å². The Morgan fingerprint density at radius 2 is 1.07 bits per heavy atom. The summed E-state index contributed by atoms with van der Waals surface area (Å²) in [7, 11) is 0. The highest BCUT2D eigenvalue weighted by Gasteiger charge is 2.07. The summed E-state index contributed by atoms with van der Waals surface area (Å²) >= 11 is 0. The third-order valence-corrected chi connectivity index (χ3v) is 8.25. The van der Waals surface area contributed by atoms with E-state index in [2.05, 4.69) is 42.0 Å². The minimum Gasteiger partial charge on any atom is -0.554 e. The zero-order chi connectivity index (χ0) is 33.6. The first kappa shape index (κ1) is 44.9. The first-order chi connectivity index (χ1) is 22.0. The third kappa shape index (κ3) is 33.0. The van der Waals surface area contributed by atoms with Gasteiger partial charge in [-0.3, -0.25) is 9.69 Å². The average Bonchev–Trinajstić information content (AvgIpc) is 3.03. The van der Waals surface area contributed by atoms with Gasteiger partial charge in [-0.1, -0.05) is 149 Å². The Hall–Kier alpha value is -2.19. The number of pyridine rings is 1. The summed E-state index contributed by atoms with van der Waals surface area (Å²) in [6, 6.07) is 4.17. The maximum atomic E-state index is 12.6. The van der Waals surface area contributed by atoms with Crippen molar-refractivity contribution in [3.63, 3.8) is 0 Å². The lowest BCUT2D eigenvalue weighted by atomic mass is 10.1. The molecule has 1 rings (SSSR count). The van der Waals surface area contributed by atoms with Crippen LogP contribution in [0.2, 0.25) is 0 Å². The van der Waals surface area contributed by atoms with E-state index in [1.807, 2.05) is 6.07 Å². The van der Waals surface area contributed by atoms with Gasteiger partial charge in [-0.2, -0.15) is 0 Å². The number of carbonyl (C=O) groups excluding carboxylic acids is 2.